The fraction of sp³-hybridized carbons (Fsp3) is 0.857. The van der Waals surface area contributed by atoms with Gasteiger partial charge >= 0.3 is 5.97 Å². The Morgan fingerprint density at radius 3 is 2.27 bits per heavy atom. The minimum atomic E-state index is -2.30. The summed E-state index contributed by atoms with van der Waals surface area (Å²) in [4.78, 5) is 24.5. The molecule has 15 heavy (non-hydrogen) atoms. The van der Waals surface area contributed by atoms with Crippen molar-refractivity contribution < 1.29 is 29.4 Å². The molecule has 0 saturated carbocycles. The molecule has 8 nitrogen and oxygen atoms in total. The van der Waals surface area contributed by atoms with Crippen molar-refractivity contribution in [1.82, 2.24) is 0 Å². The van der Waals surface area contributed by atoms with Gasteiger partial charge in [-0.1, -0.05) is 0 Å². The molecule has 0 spiro atoms. The summed E-state index contributed by atoms with van der Waals surface area (Å²) in [5.41, 5.74) is 0. The third kappa shape index (κ3) is 6.63. The molecule has 0 rings (SSSR count). The van der Waals surface area contributed by atoms with Crippen molar-refractivity contribution in [2.75, 3.05) is 27.7 Å². The fourth-order valence-electron chi connectivity index (χ4n) is 1.23. The number of aliphatic hydroxyl groups is 1. The van der Waals surface area contributed by atoms with Crippen molar-refractivity contribution in [3.63, 3.8) is 0 Å². The Balaban J connectivity index is 4.69. The number of rotatable bonds is 6. The number of quaternary nitrogens is 1. The van der Waals surface area contributed by atoms with E-state index < -0.39 is 23.3 Å². The van der Waals surface area contributed by atoms with E-state index in [2.05, 4.69) is 4.84 Å². The van der Waals surface area contributed by atoms with Crippen LogP contribution < -0.4 is 0 Å². The molecule has 0 bridgehead atoms. The zero-order chi connectivity index (χ0) is 12.3. The summed E-state index contributed by atoms with van der Waals surface area (Å²) in [6.45, 7) is -0.208. The highest BCUT2D eigenvalue weighted by molar-refractivity contribution is 5.67. The first-order chi connectivity index (χ1) is 6.54. The van der Waals surface area contributed by atoms with E-state index in [1.54, 1.807) is 21.1 Å². The van der Waals surface area contributed by atoms with Crippen molar-refractivity contribution in [2.24, 2.45) is 0 Å². The average Bonchev–Trinajstić information content (AvgIpc) is 1.73. The highest BCUT2D eigenvalue weighted by Gasteiger charge is 2.40. The van der Waals surface area contributed by atoms with Gasteiger partial charge in [0.15, 0.2) is 0 Å². The standard InChI is InChI=1S/C7H14N2O6/c1-9(2,3)5-7(12,4-6(10)11)15-8(13)14/h12H,4-5H2,1-3H3/p+1/t7-/m1/s1. The zero-order valence-corrected chi connectivity index (χ0v) is 8.84. The SMILES string of the molecule is C[N+](C)(C)C[C@@](O)(CC(=O)O)O[N+](=O)[O-]. The molecule has 88 valence electrons. The van der Waals surface area contributed by atoms with E-state index in [0.717, 1.165) is 0 Å². The second kappa shape index (κ2) is 4.41. The van der Waals surface area contributed by atoms with Gasteiger partial charge < -0.3 is 14.7 Å². The van der Waals surface area contributed by atoms with Gasteiger partial charge in [0, 0.05) is 0 Å². The van der Waals surface area contributed by atoms with Crippen molar-refractivity contribution in [1.29, 1.82) is 0 Å². The van der Waals surface area contributed by atoms with Gasteiger partial charge in [-0.05, 0) is 0 Å². The minimum Gasteiger partial charge on any atom is -0.481 e. The summed E-state index contributed by atoms with van der Waals surface area (Å²) in [5.74, 6) is -3.67. The number of aliphatic carboxylic acids is 1. The predicted octanol–water partition coefficient (Wildman–Crippen LogP) is -0.936. The van der Waals surface area contributed by atoms with Gasteiger partial charge in [-0.25, -0.2) is 0 Å². The summed E-state index contributed by atoms with van der Waals surface area (Å²) in [7, 11) is 4.95. The van der Waals surface area contributed by atoms with Gasteiger partial charge in [-0.3, -0.25) is 9.63 Å². The molecule has 0 aliphatic rings. The van der Waals surface area contributed by atoms with Gasteiger partial charge in [0.05, 0.1) is 21.1 Å². The van der Waals surface area contributed by atoms with E-state index in [-0.39, 0.29) is 11.0 Å². The molecule has 0 amide bonds. The number of likely N-dealkylation sites (N-methyl/N-ethyl adjacent to an activating group) is 1. The number of carbonyl (C=O) groups is 1. The van der Waals surface area contributed by atoms with E-state index >= 15 is 0 Å². The van der Waals surface area contributed by atoms with E-state index in [1.165, 1.54) is 0 Å². The van der Waals surface area contributed by atoms with Crippen molar-refractivity contribution >= 4 is 5.97 Å². The van der Waals surface area contributed by atoms with Crippen LogP contribution in [0.2, 0.25) is 0 Å². The van der Waals surface area contributed by atoms with Gasteiger partial charge in [-0.2, -0.15) is 0 Å². The van der Waals surface area contributed by atoms with Crippen molar-refractivity contribution in [2.45, 2.75) is 12.2 Å². The Labute approximate surface area is 86.4 Å². The van der Waals surface area contributed by atoms with Crippen LogP contribution in [0.1, 0.15) is 6.42 Å². The first-order valence-electron chi connectivity index (χ1n) is 4.12. The summed E-state index contributed by atoms with van der Waals surface area (Å²) >= 11 is 0. The molecule has 0 aliphatic heterocycles. The number of hydrogen-bond donors (Lipinski definition) is 2. The predicted molar refractivity (Wildman–Crippen MR) is 48.2 cm³/mol. The third-order valence-electron chi connectivity index (χ3n) is 1.39. The molecule has 0 fully saturated rings. The van der Waals surface area contributed by atoms with E-state index in [1.807, 2.05) is 0 Å². The first kappa shape index (κ1) is 13.6. The third-order valence-corrected chi connectivity index (χ3v) is 1.39. The molecule has 0 aliphatic carbocycles. The zero-order valence-electron chi connectivity index (χ0n) is 8.84. The van der Waals surface area contributed by atoms with Crippen LogP contribution in [0.5, 0.6) is 0 Å². The Morgan fingerprint density at radius 2 is 2.00 bits per heavy atom. The fourth-order valence-corrected chi connectivity index (χ4v) is 1.23. The van der Waals surface area contributed by atoms with E-state index in [0.29, 0.717) is 0 Å². The van der Waals surface area contributed by atoms with Gasteiger partial charge in [0.25, 0.3) is 10.9 Å². The Kier molecular flexibility index (Phi) is 3.99. The largest absolute Gasteiger partial charge is 0.481 e. The quantitative estimate of drug-likeness (QED) is 0.260. The van der Waals surface area contributed by atoms with E-state index in [9.17, 15) is 20.0 Å². The molecular formula is C7H15N2O6+. The monoisotopic (exact) mass is 223 g/mol. The maximum absolute atomic E-state index is 10.4. The summed E-state index contributed by atoms with van der Waals surface area (Å²) in [6.07, 6.45) is -0.844. The lowest BCUT2D eigenvalue weighted by atomic mass is 10.1. The van der Waals surface area contributed by atoms with E-state index in [4.69, 9.17) is 5.11 Å². The Morgan fingerprint density at radius 1 is 1.53 bits per heavy atom. The number of carboxylic acids is 1. The van der Waals surface area contributed by atoms with Crippen LogP contribution in [0, 0.1) is 10.1 Å². The van der Waals surface area contributed by atoms with Crippen LogP contribution >= 0.6 is 0 Å². The van der Waals surface area contributed by atoms with Crippen molar-refractivity contribution in [3.8, 4) is 0 Å². The number of carboxylic acid groups (broad SMARTS) is 1. The molecule has 1 atom stereocenters. The van der Waals surface area contributed by atoms with Crippen LogP contribution in [-0.2, 0) is 9.63 Å². The van der Waals surface area contributed by atoms with Crippen LogP contribution in [0.25, 0.3) is 0 Å². The second-order valence-electron chi connectivity index (χ2n) is 4.28. The molecule has 0 aromatic heterocycles. The van der Waals surface area contributed by atoms with Crippen LogP contribution in [-0.4, -0.2) is 59.2 Å². The summed E-state index contributed by atoms with van der Waals surface area (Å²) < 4.78 is 0.137. The molecule has 0 unspecified atom stereocenters. The summed E-state index contributed by atoms with van der Waals surface area (Å²) in [6, 6.07) is 0. The molecule has 8 heteroatoms. The molecule has 0 saturated heterocycles. The maximum Gasteiger partial charge on any atom is 0.308 e. The molecule has 2 N–H and O–H groups in total. The number of hydrogen-bond acceptors (Lipinski definition) is 5. The Bertz CT molecular complexity index is 243. The molecule has 0 radical (unpaired) electrons. The van der Waals surface area contributed by atoms with Crippen LogP contribution in [0.15, 0.2) is 0 Å². The highest BCUT2D eigenvalue weighted by atomic mass is 17.0. The van der Waals surface area contributed by atoms with Crippen LogP contribution in [0.3, 0.4) is 0 Å². The molecule has 0 aromatic carbocycles. The number of nitrogens with zero attached hydrogens (tertiary/aromatic N) is 2. The van der Waals surface area contributed by atoms with Crippen LogP contribution in [0.4, 0.5) is 0 Å². The lowest BCUT2D eigenvalue weighted by molar-refractivity contribution is -0.900. The second-order valence-corrected chi connectivity index (χ2v) is 4.28. The smallest absolute Gasteiger partial charge is 0.308 e. The lowest BCUT2D eigenvalue weighted by Crippen LogP contribution is -2.52. The molecule has 0 heterocycles. The Hall–Kier alpha value is -1.41. The maximum atomic E-state index is 10.4. The molecule has 0 aromatic rings. The highest BCUT2D eigenvalue weighted by Crippen LogP contribution is 2.16. The molecular weight excluding hydrogens is 208 g/mol. The summed E-state index contributed by atoms with van der Waals surface area (Å²) in [5, 5.41) is 27.0. The van der Waals surface area contributed by atoms with Gasteiger partial charge in [-0.15, -0.1) is 10.1 Å². The topological polar surface area (TPSA) is 110 Å². The van der Waals surface area contributed by atoms with Gasteiger partial charge in [0.2, 0.25) is 0 Å². The first-order valence-corrected chi connectivity index (χ1v) is 4.12. The minimum absolute atomic E-state index is 0.137. The van der Waals surface area contributed by atoms with Crippen molar-refractivity contribution in [3.05, 3.63) is 10.1 Å². The average molecular weight is 223 g/mol. The lowest BCUT2D eigenvalue weighted by Gasteiger charge is -2.32. The van der Waals surface area contributed by atoms with Gasteiger partial charge in [0.1, 0.15) is 13.0 Å². The normalized spacial score (nSPS) is 15.5.